The van der Waals surface area contributed by atoms with Gasteiger partial charge in [-0.1, -0.05) is 52.8 Å². The monoisotopic (exact) mass is 247 g/mol. The zero-order valence-corrected chi connectivity index (χ0v) is 12.4. The van der Waals surface area contributed by atoms with Gasteiger partial charge in [-0.15, -0.1) is 0 Å². The van der Waals surface area contributed by atoms with E-state index in [4.69, 9.17) is 19.1 Å². The van der Waals surface area contributed by atoms with Gasteiger partial charge >= 0.3 is 0 Å². The lowest BCUT2D eigenvalue weighted by Crippen LogP contribution is -2.25. The van der Waals surface area contributed by atoms with Gasteiger partial charge in [-0.3, -0.25) is 4.84 Å². The zero-order chi connectivity index (χ0) is 14.0. The summed E-state index contributed by atoms with van der Waals surface area (Å²) in [5, 5.41) is 0. The van der Waals surface area contributed by atoms with Crippen molar-refractivity contribution >= 4 is 7.85 Å². The van der Waals surface area contributed by atoms with Gasteiger partial charge in [-0.2, -0.15) is 0 Å². The summed E-state index contributed by atoms with van der Waals surface area (Å²) in [6, 6.07) is 2.33. The minimum atomic E-state index is -0.195. The fraction of sp³-hybridized carbons (Fsp3) is 0.867. The van der Waals surface area contributed by atoms with Crippen LogP contribution in [0.3, 0.4) is 0 Å². The molecule has 2 radical (unpaired) electrons. The van der Waals surface area contributed by atoms with Gasteiger partial charge in [0.05, 0.1) is 7.85 Å². The number of hydroxylamine groups is 1. The highest BCUT2D eigenvalue weighted by molar-refractivity contribution is 6.11. The third-order valence-electron chi connectivity index (χ3n) is 5.42. The number of hydrogen-bond donors (Lipinski definition) is 1. The highest BCUT2D eigenvalue weighted by Crippen LogP contribution is 2.68. The fourth-order valence-corrected chi connectivity index (χ4v) is 3.16. The van der Waals surface area contributed by atoms with E-state index >= 15 is 0 Å². The Morgan fingerprint density at radius 3 is 2.50 bits per heavy atom. The first-order chi connectivity index (χ1) is 8.37. The summed E-state index contributed by atoms with van der Waals surface area (Å²) in [4.78, 5) is 5.68. The molecule has 0 spiro atoms. The van der Waals surface area contributed by atoms with E-state index in [0.29, 0.717) is 11.8 Å². The van der Waals surface area contributed by atoms with Crippen LogP contribution in [-0.2, 0) is 4.84 Å². The molecule has 0 amide bonds. The van der Waals surface area contributed by atoms with Crippen molar-refractivity contribution in [3.63, 3.8) is 0 Å². The fourth-order valence-electron chi connectivity index (χ4n) is 3.16. The van der Waals surface area contributed by atoms with Crippen LogP contribution in [0.2, 0.25) is 5.82 Å². The molecule has 0 bridgehead atoms. The average Bonchev–Trinajstić information content (AvgIpc) is 2.84. The second kappa shape index (κ2) is 5.57. The molecule has 2 nitrogen and oxygen atoms in total. The maximum atomic E-state index is 6.28. The van der Waals surface area contributed by atoms with Gasteiger partial charge < -0.3 is 0 Å². The van der Waals surface area contributed by atoms with Crippen molar-refractivity contribution in [3.05, 3.63) is 0 Å². The molecule has 1 saturated carbocycles. The maximum Gasteiger partial charge on any atom is 0.103 e. The quantitative estimate of drug-likeness (QED) is 0.322. The van der Waals surface area contributed by atoms with Crippen LogP contribution in [0.5, 0.6) is 0 Å². The van der Waals surface area contributed by atoms with Crippen LogP contribution in [0.15, 0.2) is 0 Å². The summed E-state index contributed by atoms with van der Waals surface area (Å²) < 4.78 is 0. The van der Waals surface area contributed by atoms with Gasteiger partial charge in [0.15, 0.2) is 0 Å². The van der Waals surface area contributed by atoms with Gasteiger partial charge in [0.25, 0.3) is 0 Å². The summed E-state index contributed by atoms with van der Waals surface area (Å²) in [5.74, 6) is 1.26. The van der Waals surface area contributed by atoms with Crippen LogP contribution in [0, 0.1) is 29.7 Å². The second-order valence-electron chi connectivity index (χ2n) is 6.06. The predicted octanol–water partition coefficient (Wildman–Crippen LogP) is 3.30. The van der Waals surface area contributed by atoms with Crippen LogP contribution >= 0.6 is 0 Å². The van der Waals surface area contributed by atoms with E-state index in [0.717, 1.165) is 19.3 Å². The summed E-state index contributed by atoms with van der Waals surface area (Å²) in [6.45, 7) is 11.0. The van der Waals surface area contributed by atoms with Gasteiger partial charge in [-0.25, -0.2) is 5.48 Å². The lowest BCUT2D eigenvalue weighted by molar-refractivity contribution is -0.0350. The smallest absolute Gasteiger partial charge is 0.103 e. The third-order valence-corrected chi connectivity index (χ3v) is 5.42. The topological polar surface area (TPSA) is 21.3 Å². The van der Waals surface area contributed by atoms with Gasteiger partial charge in [0, 0.05) is 11.5 Å². The van der Waals surface area contributed by atoms with Crippen LogP contribution < -0.4 is 5.48 Å². The molecule has 1 rings (SSSR count). The van der Waals surface area contributed by atoms with E-state index in [1.165, 1.54) is 0 Å². The molecule has 100 valence electrons. The first-order valence-corrected chi connectivity index (χ1v) is 7.01. The zero-order valence-electron chi connectivity index (χ0n) is 12.4. The standard InChI is InChI=1S/C15H26BNO/c1-7-11(4)12(16)10-13-14(5,8-2)15(13,6)18-17-9-3/h3,11-13,17H,7-8,10H2,1-2,4-6H3. The van der Waals surface area contributed by atoms with Crippen LogP contribution in [0.4, 0.5) is 0 Å². The Bertz CT molecular complexity index is 327. The van der Waals surface area contributed by atoms with Crippen molar-refractivity contribution in [2.75, 3.05) is 0 Å². The van der Waals surface area contributed by atoms with E-state index in [9.17, 15) is 0 Å². The first kappa shape index (κ1) is 15.4. The van der Waals surface area contributed by atoms with Crippen molar-refractivity contribution in [3.8, 4) is 12.5 Å². The summed E-state index contributed by atoms with van der Waals surface area (Å²) >= 11 is 0. The Kier molecular flexibility index (Phi) is 4.78. The minimum absolute atomic E-state index is 0.169. The van der Waals surface area contributed by atoms with Crippen LogP contribution in [0.25, 0.3) is 0 Å². The predicted molar refractivity (Wildman–Crippen MR) is 76.9 cm³/mol. The average molecular weight is 247 g/mol. The van der Waals surface area contributed by atoms with Crippen LogP contribution in [-0.4, -0.2) is 13.4 Å². The van der Waals surface area contributed by atoms with Gasteiger partial charge in [0.2, 0.25) is 0 Å². The van der Waals surface area contributed by atoms with E-state index in [-0.39, 0.29) is 16.8 Å². The SMILES string of the molecule is [B]C(CC1C(C)(CC)C1(C)ONC#C)C(C)CC. The number of nitrogens with one attached hydrogen (secondary N) is 1. The molecule has 3 heteroatoms. The minimum Gasteiger partial charge on any atom is -0.261 e. The third kappa shape index (κ3) is 2.40. The molecule has 5 atom stereocenters. The molecule has 0 aromatic carbocycles. The highest BCUT2D eigenvalue weighted by Gasteiger charge is 2.71. The van der Waals surface area contributed by atoms with Crippen molar-refractivity contribution < 1.29 is 4.84 Å². The Morgan fingerprint density at radius 1 is 1.44 bits per heavy atom. The molecule has 0 aromatic rings. The summed E-state index contributed by atoms with van der Waals surface area (Å²) in [6.07, 6.45) is 8.40. The molecule has 1 fully saturated rings. The van der Waals surface area contributed by atoms with E-state index < -0.39 is 0 Å². The van der Waals surface area contributed by atoms with E-state index in [1.807, 2.05) is 0 Å². The molecular weight excluding hydrogens is 221 g/mol. The second-order valence-corrected chi connectivity index (χ2v) is 6.06. The van der Waals surface area contributed by atoms with Crippen LogP contribution in [0.1, 0.15) is 53.9 Å². The van der Waals surface area contributed by atoms with Gasteiger partial charge in [0.1, 0.15) is 5.60 Å². The molecule has 1 N–H and O–H groups in total. The lowest BCUT2D eigenvalue weighted by Gasteiger charge is -2.19. The molecule has 0 aliphatic heterocycles. The molecule has 5 unspecified atom stereocenters. The molecule has 0 heterocycles. The largest absolute Gasteiger partial charge is 0.261 e. The van der Waals surface area contributed by atoms with E-state index in [1.54, 1.807) is 0 Å². The summed E-state index contributed by atoms with van der Waals surface area (Å²) in [7, 11) is 6.28. The molecule has 1 aliphatic rings. The van der Waals surface area contributed by atoms with Crippen molar-refractivity contribution in [1.29, 1.82) is 0 Å². The summed E-state index contributed by atoms with van der Waals surface area (Å²) in [5.41, 5.74) is 2.55. The number of hydrogen-bond acceptors (Lipinski definition) is 2. The molecule has 1 aliphatic carbocycles. The van der Waals surface area contributed by atoms with Gasteiger partial charge in [-0.05, 0) is 25.2 Å². The first-order valence-electron chi connectivity index (χ1n) is 7.01. The van der Waals surface area contributed by atoms with Crippen molar-refractivity contribution in [2.24, 2.45) is 17.3 Å². The Hall–Kier alpha value is -0.615. The highest BCUT2D eigenvalue weighted by atomic mass is 16.7. The Balaban J connectivity index is 2.68. The molecule has 0 aromatic heterocycles. The molecule has 0 saturated heterocycles. The van der Waals surface area contributed by atoms with Crippen molar-refractivity contribution in [1.82, 2.24) is 5.48 Å². The maximum absolute atomic E-state index is 6.28. The number of rotatable bonds is 7. The Labute approximate surface area is 114 Å². The molecule has 18 heavy (non-hydrogen) atoms. The Morgan fingerprint density at radius 2 is 2.06 bits per heavy atom. The molecular formula is C15H26BNO. The van der Waals surface area contributed by atoms with Crippen molar-refractivity contribution in [2.45, 2.75) is 65.3 Å². The normalized spacial score (nSPS) is 37.7. The van der Waals surface area contributed by atoms with E-state index in [2.05, 4.69) is 46.1 Å². The number of terminal acetylenes is 1. The lowest BCUT2D eigenvalue weighted by atomic mass is 9.72.